The fraction of sp³-hybridized carbons (Fsp3) is 0.619. The molecule has 0 unspecified atom stereocenters. The maximum Gasteiger partial charge on any atom is 0.260 e. The second-order valence-corrected chi connectivity index (χ2v) is 6.81. The van der Waals surface area contributed by atoms with Gasteiger partial charge in [0.05, 0.1) is 38.0 Å². The van der Waals surface area contributed by atoms with Crippen LogP contribution in [0.4, 0.5) is 0 Å². The predicted molar refractivity (Wildman–Crippen MR) is 107 cm³/mol. The van der Waals surface area contributed by atoms with Gasteiger partial charge in [-0.05, 0) is 32.8 Å². The molecule has 1 aromatic rings. The molecule has 0 atom stereocenters. The summed E-state index contributed by atoms with van der Waals surface area (Å²) in [6, 6.07) is 7.22. The van der Waals surface area contributed by atoms with Gasteiger partial charge >= 0.3 is 0 Å². The molecule has 0 radical (unpaired) electrons. The SMILES string of the molecule is CC(C)OCCCOCCOCCCOCCN1C(=N)c2ccccc2C1=O. The second kappa shape index (κ2) is 12.6. The molecule has 0 aromatic heterocycles. The first-order chi connectivity index (χ1) is 13.6. The number of amides is 1. The summed E-state index contributed by atoms with van der Waals surface area (Å²) in [4.78, 5) is 13.7. The molecule has 28 heavy (non-hydrogen) atoms. The monoisotopic (exact) mass is 392 g/mol. The van der Waals surface area contributed by atoms with Crippen LogP contribution < -0.4 is 0 Å². The van der Waals surface area contributed by atoms with Crippen molar-refractivity contribution in [2.45, 2.75) is 32.8 Å². The van der Waals surface area contributed by atoms with Crippen LogP contribution in [0.5, 0.6) is 0 Å². The van der Waals surface area contributed by atoms with E-state index < -0.39 is 0 Å². The van der Waals surface area contributed by atoms with E-state index in [0.29, 0.717) is 57.3 Å². The van der Waals surface area contributed by atoms with Gasteiger partial charge in [-0.25, -0.2) is 0 Å². The van der Waals surface area contributed by atoms with Gasteiger partial charge in [0.2, 0.25) is 0 Å². The van der Waals surface area contributed by atoms with Crippen molar-refractivity contribution in [3.05, 3.63) is 35.4 Å². The number of nitrogens with zero attached hydrogens (tertiary/aromatic N) is 1. The number of fused-ring (bicyclic) bond motifs is 1. The van der Waals surface area contributed by atoms with Gasteiger partial charge in [-0.1, -0.05) is 18.2 Å². The molecule has 0 saturated heterocycles. The van der Waals surface area contributed by atoms with Crippen molar-refractivity contribution in [3.8, 4) is 0 Å². The smallest absolute Gasteiger partial charge is 0.260 e. The first-order valence-electron chi connectivity index (χ1n) is 9.96. The maximum absolute atomic E-state index is 12.3. The van der Waals surface area contributed by atoms with Gasteiger partial charge in [0.25, 0.3) is 5.91 Å². The van der Waals surface area contributed by atoms with Gasteiger partial charge in [0.1, 0.15) is 5.84 Å². The number of hydrogen-bond acceptors (Lipinski definition) is 6. The summed E-state index contributed by atoms with van der Waals surface area (Å²) in [6.07, 6.45) is 1.95. The third-order valence-electron chi connectivity index (χ3n) is 4.22. The minimum Gasteiger partial charge on any atom is -0.380 e. The van der Waals surface area contributed by atoms with Crippen LogP contribution in [-0.4, -0.2) is 75.5 Å². The molecule has 0 aliphatic carbocycles. The molecule has 1 aliphatic heterocycles. The molecule has 0 spiro atoms. The van der Waals surface area contributed by atoms with Crippen LogP contribution in [0, 0.1) is 5.41 Å². The molecule has 7 nitrogen and oxygen atoms in total. The molecule has 0 bridgehead atoms. The Morgan fingerprint density at radius 2 is 1.43 bits per heavy atom. The molecule has 1 heterocycles. The van der Waals surface area contributed by atoms with Crippen molar-refractivity contribution >= 4 is 11.7 Å². The first kappa shape index (κ1) is 22.5. The van der Waals surface area contributed by atoms with Crippen LogP contribution in [-0.2, 0) is 18.9 Å². The summed E-state index contributed by atoms with van der Waals surface area (Å²) in [5.41, 5.74) is 1.28. The molecule has 1 N–H and O–H groups in total. The van der Waals surface area contributed by atoms with Gasteiger partial charge in [-0.15, -0.1) is 0 Å². The van der Waals surface area contributed by atoms with Crippen LogP contribution in [0.1, 0.15) is 42.6 Å². The Kier molecular flexibility index (Phi) is 10.1. The molecule has 1 aliphatic rings. The lowest BCUT2D eigenvalue weighted by Crippen LogP contribution is -2.33. The highest BCUT2D eigenvalue weighted by Crippen LogP contribution is 2.21. The summed E-state index contributed by atoms with van der Waals surface area (Å²) >= 11 is 0. The summed E-state index contributed by atoms with van der Waals surface area (Å²) in [5, 5.41) is 8.11. The van der Waals surface area contributed by atoms with Crippen molar-refractivity contribution < 1.29 is 23.7 Å². The second-order valence-electron chi connectivity index (χ2n) is 6.81. The van der Waals surface area contributed by atoms with Crippen LogP contribution in [0.2, 0.25) is 0 Å². The number of carbonyl (C=O) groups excluding carboxylic acids is 1. The first-order valence-corrected chi connectivity index (χ1v) is 9.96. The molecule has 7 heteroatoms. The number of carbonyl (C=O) groups is 1. The summed E-state index contributed by atoms with van der Waals surface area (Å²) < 4.78 is 22.0. The number of hydrogen-bond donors (Lipinski definition) is 1. The zero-order chi connectivity index (χ0) is 20.2. The van der Waals surface area contributed by atoms with Crippen molar-refractivity contribution in [1.29, 1.82) is 5.41 Å². The minimum atomic E-state index is -0.122. The highest BCUT2D eigenvalue weighted by Gasteiger charge is 2.31. The lowest BCUT2D eigenvalue weighted by atomic mass is 10.1. The molecular weight excluding hydrogens is 360 g/mol. The van der Waals surface area contributed by atoms with Crippen LogP contribution in [0.15, 0.2) is 24.3 Å². The quantitative estimate of drug-likeness (QED) is 0.464. The minimum absolute atomic E-state index is 0.122. The van der Waals surface area contributed by atoms with E-state index in [1.807, 2.05) is 26.0 Å². The number of nitrogens with one attached hydrogen (secondary N) is 1. The third kappa shape index (κ3) is 7.31. The number of ether oxygens (including phenoxy) is 4. The lowest BCUT2D eigenvalue weighted by Gasteiger charge is -2.15. The fourth-order valence-electron chi connectivity index (χ4n) is 2.80. The zero-order valence-corrected chi connectivity index (χ0v) is 16.9. The van der Waals surface area contributed by atoms with Gasteiger partial charge < -0.3 is 18.9 Å². The van der Waals surface area contributed by atoms with Crippen LogP contribution >= 0.6 is 0 Å². The van der Waals surface area contributed by atoms with E-state index in [2.05, 4.69) is 0 Å². The number of benzene rings is 1. The Bertz CT molecular complexity index is 586. The van der Waals surface area contributed by atoms with Crippen molar-refractivity contribution in [3.63, 3.8) is 0 Å². The predicted octanol–water partition coefficient (Wildman–Crippen LogP) is 2.72. The van der Waals surface area contributed by atoms with E-state index in [1.165, 1.54) is 4.90 Å². The van der Waals surface area contributed by atoms with Crippen molar-refractivity contribution in [2.24, 2.45) is 0 Å². The summed E-state index contributed by atoms with van der Waals surface area (Å²) in [5.74, 6) is 0.131. The Labute approximate surface area is 167 Å². The lowest BCUT2D eigenvalue weighted by molar-refractivity contribution is 0.0198. The van der Waals surface area contributed by atoms with Crippen LogP contribution in [0.25, 0.3) is 0 Å². The van der Waals surface area contributed by atoms with Crippen molar-refractivity contribution in [1.82, 2.24) is 4.90 Å². The van der Waals surface area contributed by atoms with Gasteiger partial charge in [-0.2, -0.15) is 0 Å². The summed E-state index contributed by atoms with van der Waals surface area (Å²) in [7, 11) is 0. The molecule has 156 valence electrons. The van der Waals surface area contributed by atoms with Crippen molar-refractivity contribution in [2.75, 3.05) is 52.8 Å². The van der Waals surface area contributed by atoms with E-state index in [0.717, 1.165) is 19.4 Å². The average Bonchev–Trinajstić information content (AvgIpc) is 2.93. The van der Waals surface area contributed by atoms with E-state index in [9.17, 15) is 4.79 Å². The third-order valence-corrected chi connectivity index (χ3v) is 4.22. The molecule has 1 amide bonds. The highest BCUT2D eigenvalue weighted by molar-refractivity contribution is 6.22. The maximum atomic E-state index is 12.3. The molecule has 0 fully saturated rings. The standard InChI is InChI=1S/C21H32N2O5/c1-17(2)28-13-6-12-27-16-15-26-11-5-10-25-14-9-23-20(22)18-7-3-4-8-19(18)21(23)24/h3-4,7-8,17,22H,5-6,9-16H2,1-2H3. The molecular formula is C21H32N2O5. The Morgan fingerprint density at radius 1 is 0.857 bits per heavy atom. The van der Waals surface area contributed by atoms with Crippen LogP contribution in [0.3, 0.4) is 0 Å². The Morgan fingerprint density at radius 3 is 2.04 bits per heavy atom. The zero-order valence-electron chi connectivity index (χ0n) is 16.9. The molecule has 2 rings (SSSR count). The van der Waals surface area contributed by atoms with Gasteiger partial charge in [0, 0.05) is 32.0 Å². The normalized spacial score (nSPS) is 13.6. The van der Waals surface area contributed by atoms with Gasteiger partial charge in [0.15, 0.2) is 0 Å². The molecule has 1 aromatic carbocycles. The van der Waals surface area contributed by atoms with E-state index >= 15 is 0 Å². The largest absolute Gasteiger partial charge is 0.380 e. The Balaban J connectivity index is 1.41. The van der Waals surface area contributed by atoms with Gasteiger partial charge in [-0.3, -0.25) is 15.1 Å². The average molecular weight is 392 g/mol. The van der Waals surface area contributed by atoms with E-state index in [-0.39, 0.29) is 17.8 Å². The topological polar surface area (TPSA) is 81.1 Å². The number of amidine groups is 1. The highest BCUT2D eigenvalue weighted by atomic mass is 16.5. The number of rotatable bonds is 15. The van der Waals surface area contributed by atoms with E-state index in [1.54, 1.807) is 12.1 Å². The molecule has 0 saturated carbocycles. The summed E-state index contributed by atoms with van der Waals surface area (Å²) in [6.45, 7) is 8.59. The fourth-order valence-corrected chi connectivity index (χ4v) is 2.80. The Hall–Kier alpha value is -1.80. The van der Waals surface area contributed by atoms with E-state index in [4.69, 9.17) is 24.4 Å².